The molecule has 0 bridgehead atoms. The number of pyridine rings is 1. The van der Waals surface area contributed by atoms with Crippen LogP contribution in [-0.2, 0) is 0 Å². The van der Waals surface area contributed by atoms with Crippen LogP contribution in [0.15, 0.2) is 36.7 Å². The Balaban J connectivity index is 2.58. The van der Waals surface area contributed by atoms with Crippen LogP contribution in [0.2, 0.25) is 0 Å². The molecule has 0 amide bonds. The van der Waals surface area contributed by atoms with E-state index in [2.05, 4.69) is 4.98 Å². The second kappa shape index (κ2) is 4.21. The molecule has 0 atom stereocenters. The highest BCUT2D eigenvalue weighted by atomic mass is 19.1. The summed E-state index contributed by atoms with van der Waals surface area (Å²) in [6.07, 6.45) is 2.56. The van der Waals surface area contributed by atoms with Crippen molar-refractivity contribution in [2.24, 2.45) is 0 Å². The second-order valence-corrected chi connectivity index (χ2v) is 3.43. The van der Waals surface area contributed by atoms with Crippen molar-refractivity contribution < 1.29 is 19.4 Å². The SMILES string of the molecule is O=C(O)c1ccc(F)c(-c2cncc(O)c2)c1. The number of aromatic nitrogens is 1. The van der Waals surface area contributed by atoms with Crippen molar-refractivity contribution in [2.75, 3.05) is 0 Å². The molecule has 0 radical (unpaired) electrons. The van der Waals surface area contributed by atoms with E-state index in [0.29, 0.717) is 5.56 Å². The zero-order valence-electron chi connectivity index (χ0n) is 8.59. The van der Waals surface area contributed by atoms with Gasteiger partial charge < -0.3 is 10.2 Å². The Hall–Kier alpha value is -2.43. The minimum Gasteiger partial charge on any atom is -0.506 e. The number of benzene rings is 1. The largest absolute Gasteiger partial charge is 0.506 e. The standard InChI is InChI=1S/C12H8FNO3/c13-11-2-1-7(12(16)17)4-10(11)8-3-9(15)6-14-5-8/h1-6,15H,(H,16,17). The maximum absolute atomic E-state index is 13.5. The van der Waals surface area contributed by atoms with Crippen LogP contribution in [0.25, 0.3) is 11.1 Å². The van der Waals surface area contributed by atoms with E-state index in [4.69, 9.17) is 5.11 Å². The second-order valence-electron chi connectivity index (χ2n) is 3.43. The summed E-state index contributed by atoms with van der Waals surface area (Å²) in [6.45, 7) is 0. The van der Waals surface area contributed by atoms with E-state index in [0.717, 1.165) is 6.07 Å². The van der Waals surface area contributed by atoms with E-state index in [1.54, 1.807) is 0 Å². The summed E-state index contributed by atoms with van der Waals surface area (Å²) in [5.41, 5.74) is 0.392. The molecule has 2 N–H and O–H groups in total. The van der Waals surface area contributed by atoms with E-state index < -0.39 is 11.8 Å². The Morgan fingerprint density at radius 2 is 2.00 bits per heavy atom. The monoisotopic (exact) mass is 233 g/mol. The lowest BCUT2D eigenvalue weighted by Crippen LogP contribution is -1.97. The van der Waals surface area contributed by atoms with Crippen molar-refractivity contribution in [3.05, 3.63) is 48.0 Å². The first-order chi connectivity index (χ1) is 8.08. The van der Waals surface area contributed by atoms with Gasteiger partial charge in [-0.25, -0.2) is 9.18 Å². The van der Waals surface area contributed by atoms with Gasteiger partial charge in [-0.05, 0) is 24.3 Å². The molecule has 1 aromatic heterocycles. The van der Waals surface area contributed by atoms with Gasteiger partial charge in [-0.3, -0.25) is 4.98 Å². The number of hydrogen-bond donors (Lipinski definition) is 2. The lowest BCUT2D eigenvalue weighted by Gasteiger charge is -2.04. The molecule has 0 aliphatic carbocycles. The lowest BCUT2D eigenvalue weighted by molar-refractivity contribution is 0.0697. The van der Waals surface area contributed by atoms with Gasteiger partial charge >= 0.3 is 5.97 Å². The number of hydrogen-bond acceptors (Lipinski definition) is 3. The Bertz CT molecular complexity index is 584. The van der Waals surface area contributed by atoms with Gasteiger partial charge in [-0.15, -0.1) is 0 Å². The summed E-state index contributed by atoms with van der Waals surface area (Å²) in [7, 11) is 0. The Morgan fingerprint density at radius 1 is 1.24 bits per heavy atom. The van der Waals surface area contributed by atoms with Gasteiger partial charge in [-0.1, -0.05) is 0 Å². The quantitative estimate of drug-likeness (QED) is 0.834. The van der Waals surface area contributed by atoms with Gasteiger partial charge in [-0.2, -0.15) is 0 Å². The zero-order valence-corrected chi connectivity index (χ0v) is 8.59. The first-order valence-electron chi connectivity index (χ1n) is 4.75. The fourth-order valence-corrected chi connectivity index (χ4v) is 1.45. The number of rotatable bonds is 2. The van der Waals surface area contributed by atoms with Crippen LogP contribution in [0.5, 0.6) is 5.75 Å². The first kappa shape index (κ1) is 11.1. The highest BCUT2D eigenvalue weighted by molar-refractivity contribution is 5.89. The van der Waals surface area contributed by atoms with Crippen LogP contribution in [0.1, 0.15) is 10.4 Å². The molecule has 2 rings (SSSR count). The third-order valence-corrected chi connectivity index (χ3v) is 2.25. The predicted octanol–water partition coefficient (Wildman–Crippen LogP) is 2.29. The molecule has 1 aromatic carbocycles. The molecule has 0 aliphatic rings. The predicted molar refractivity (Wildman–Crippen MR) is 58.3 cm³/mol. The molecule has 0 saturated carbocycles. The van der Waals surface area contributed by atoms with Crippen LogP contribution >= 0.6 is 0 Å². The van der Waals surface area contributed by atoms with Gasteiger partial charge in [0.25, 0.3) is 0 Å². The van der Waals surface area contributed by atoms with E-state index in [1.807, 2.05) is 0 Å². The lowest BCUT2D eigenvalue weighted by atomic mass is 10.0. The molecule has 0 spiro atoms. The van der Waals surface area contributed by atoms with Crippen molar-refractivity contribution in [1.82, 2.24) is 4.98 Å². The third-order valence-electron chi connectivity index (χ3n) is 2.25. The summed E-state index contributed by atoms with van der Waals surface area (Å²) in [5, 5.41) is 18.1. The van der Waals surface area contributed by atoms with E-state index in [-0.39, 0.29) is 16.9 Å². The van der Waals surface area contributed by atoms with Gasteiger partial charge in [0, 0.05) is 17.3 Å². The molecule has 0 saturated heterocycles. The maximum atomic E-state index is 13.5. The molecule has 2 aromatic rings. The number of halogens is 1. The highest BCUT2D eigenvalue weighted by Gasteiger charge is 2.10. The van der Waals surface area contributed by atoms with Crippen molar-refractivity contribution in [1.29, 1.82) is 0 Å². The van der Waals surface area contributed by atoms with Gasteiger partial charge in [0.15, 0.2) is 0 Å². The van der Waals surface area contributed by atoms with Crippen LogP contribution in [0, 0.1) is 5.82 Å². The molecule has 1 heterocycles. The topological polar surface area (TPSA) is 70.4 Å². The van der Waals surface area contributed by atoms with Crippen molar-refractivity contribution >= 4 is 5.97 Å². The molecular formula is C12H8FNO3. The van der Waals surface area contributed by atoms with Crippen molar-refractivity contribution in [2.45, 2.75) is 0 Å². The van der Waals surface area contributed by atoms with Crippen molar-refractivity contribution in [3.8, 4) is 16.9 Å². The van der Waals surface area contributed by atoms with E-state index in [9.17, 15) is 14.3 Å². The average molecular weight is 233 g/mol. The van der Waals surface area contributed by atoms with Gasteiger partial charge in [0.2, 0.25) is 0 Å². The summed E-state index contributed by atoms with van der Waals surface area (Å²) in [4.78, 5) is 14.5. The summed E-state index contributed by atoms with van der Waals surface area (Å²) in [6, 6.07) is 4.77. The Morgan fingerprint density at radius 3 is 2.65 bits per heavy atom. The molecule has 4 nitrogen and oxygen atoms in total. The Kier molecular flexibility index (Phi) is 2.74. The summed E-state index contributed by atoms with van der Waals surface area (Å²) >= 11 is 0. The molecular weight excluding hydrogens is 225 g/mol. The average Bonchev–Trinajstić information content (AvgIpc) is 2.29. The van der Waals surface area contributed by atoms with Gasteiger partial charge in [0.05, 0.1) is 11.8 Å². The number of aromatic carboxylic acids is 1. The van der Waals surface area contributed by atoms with Crippen LogP contribution in [-0.4, -0.2) is 21.2 Å². The van der Waals surface area contributed by atoms with Gasteiger partial charge in [0.1, 0.15) is 11.6 Å². The number of carboxylic acid groups (broad SMARTS) is 1. The molecule has 5 heteroatoms. The number of carboxylic acids is 1. The fraction of sp³-hybridized carbons (Fsp3) is 0. The molecule has 17 heavy (non-hydrogen) atoms. The van der Waals surface area contributed by atoms with Crippen molar-refractivity contribution in [3.63, 3.8) is 0 Å². The zero-order chi connectivity index (χ0) is 12.4. The van der Waals surface area contributed by atoms with Crippen LogP contribution < -0.4 is 0 Å². The van der Waals surface area contributed by atoms with Crippen LogP contribution in [0.4, 0.5) is 4.39 Å². The minimum absolute atomic E-state index is 0.0234. The van der Waals surface area contributed by atoms with E-state index in [1.165, 1.54) is 30.6 Å². The summed E-state index contributed by atoms with van der Waals surface area (Å²) in [5.74, 6) is -1.82. The summed E-state index contributed by atoms with van der Waals surface area (Å²) < 4.78 is 13.5. The maximum Gasteiger partial charge on any atom is 0.335 e. The van der Waals surface area contributed by atoms with E-state index >= 15 is 0 Å². The normalized spacial score (nSPS) is 10.2. The van der Waals surface area contributed by atoms with Crippen LogP contribution in [0.3, 0.4) is 0 Å². The molecule has 0 fully saturated rings. The number of carbonyl (C=O) groups is 1. The molecule has 86 valence electrons. The number of aromatic hydroxyl groups is 1. The smallest absolute Gasteiger partial charge is 0.335 e. The Labute approximate surface area is 96.0 Å². The molecule has 0 aliphatic heterocycles. The third kappa shape index (κ3) is 2.23. The minimum atomic E-state index is -1.14. The number of nitrogens with zero attached hydrogens (tertiary/aromatic N) is 1. The first-order valence-corrected chi connectivity index (χ1v) is 4.75. The molecule has 0 unspecified atom stereocenters. The highest BCUT2D eigenvalue weighted by Crippen LogP contribution is 2.25. The fourth-order valence-electron chi connectivity index (χ4n) is 1.45.